The van der Waals surface area contributed by atoms with Crippen molar-refractivity contribution in [2.45, 2.75) is 39.8 Å². The van der Waals surface area contributed by atoms with Gasteiger partial charge in [-0.05, 0) is 63.2 Å². The highest BCUT2D eigenvalue weighted by Crippen LogP contribution is 2.39. The van der Waals surface area contributed by atoms with Gasteiger partial charge in [-0.1, -0.05) is 18.2 Å². The summed E-state index contributed by atoms with van der Waals surface area (Å²) in [4.78, 5) is 45.6. The number of fused-ring (bicyclic) bond motifs is 1. The van der Waals surface area contributed by atoms with E-state index in [0.717, 1.165) is 37.3 Å². The third-order valence-electron chi connectivity index (χ3n) is 6.57. The summed E-state index contributed by atoms with van der Waals surface area (Å²) in [5.41, 5.74) is 3.80. The Labute approximate surface area is 207 Å². The van der Waals surface area contributed by atoms with Crippen molar-refractivity contribution in [2.75, 3.05) is 49.6 Å². The second-order valence-electron chi connectivity index (χ2n) is 9.66. The average Bonchev–Trinajstić information content (AvgIpc) is 2.82. The third-order valence-corrected chi connectivity index (χ3v) is 6.57. The topological polar surface area (TPSA) is 73.4 Å². The zero-order valence-electron chi connectivity index (χ0n) is 21.2. The van der Waals surface area contributed by atoms with Crippen molar-refractivity contribution in [3.8, 4) is 11.1 Å². The predicted octanol–water partition coefficient (Wildman–Crippen LogP) is 3.85. The number of carbonyl (C=O) groups excluding carboxylic acids is 3. The van der Waals surface area contributed by atoms with Gasteiger partial charge >= 0.3 is 6.09 Å². The largest absolute Gasteiger partial charge is 0.446 e. The average molecular weight is 479 g/mol. The number of amides is 3. The Kier molecular flexibility index (Phi) is 7.12. The standard InChI is InChI=1S/C27H34N4O4/c1-18(2)35-27(34)30-17-19(3)31(20(4)32)24-11-10-23(16-25(24)30)21-6-8-22(9-7-21)26(33)29-14-12-28(5)13-15-29/h6-11,16,18-19H,12-15,17H2,1-5H3/t19-/m0/s1. The zero-order chi connectivity index (χ0) is 25.3. The van der Waals surface area contributed by atoms with Crippen LogP contribution in [0, 0.1) is 0 Å². The second-order valence-corrected chi connectivity index (χ2v) is 9.66. The van der Waals surface area contributed by atoms with Gasteiger partial charge in [0, 0.05) is 45.2 Å². The summed E-state index contributed by atoms with van der Waals surface area (Å²) < 4.78 is 5.48. The number of hydrogen-bond donors (Lipinski definition) is 0. The van der Waals surface area contributed by atoms with E-state index in [9.17, 15) is 14.4 Å². The summed E-state index contributed by atoms with van der Waals surface area (Å²) >= 11 is 0. The normalized spacial score (nSPS) is 18.5. The molecule has 2 aliphatic heterocycles. The molecule has 0 unspecified atom stereocenters. The minimum atomic E-state index is -0.429. The Morgan fingerprint density at radius 3 is 2.14 bits per heavy atom. The van der Waals surface area contributed by atoms with E-state index in [2.05, 4.69) is 11.9 Å². The van der Waals surface area contributed by atoms with Gasteiger partial charge in [0.15, 0.2) is 0 Å². The summed E-state index contributed by atoms with van der Waals surface area (Å²) in [6, 6.07) is 13.1. The van der Waals surface area contributed by atoms with E-state index in [1.54, 1.807) is 9.80 Å². The maximum Gasteiger partial charge on any atom is 0.414 e. The quantitative estimate of drug-likeness (QED) is 0.670. The lowest BCUT2D eigenvalue weighted by Crippen LogP contribution is -2.51. The molecule has 1 fully saturated rings. The van der Waals surface area contributed by atoms with E-state index in [0.29, 0.717) is 23.5 Å². The number of rotatable bonds is 3. The van der Waals surface area contributed by atoms with Gasteiger partial charge in [0.25, 0.3) is 5.91 Å². The van der Waals surface area contributed by atoms with Gasteiger partial charge < -0.3 is 19.4 Å². The van der Waals surface area contributed by atoms with E-state index in [1.165, 1.54) is 6.92 Å². The molecule has 2 aliphatic rings. The minimum absolute atomic E-state index is 0.0452. The molecule has 4 rings (SSSR count). The molecule has 186 valence electrons. The van der Waals surface area contributed by atoms with Crippen LogP contribution in [0.15, 0.2) is 42.5 Å². The molecule has 2 heterocycles. The molecule has 0 aliphatic carbocycles. The van der Waals surface area contributed by atoms with Crippen molar-refractivity contribution in [3.05, 3.63) is 48.0 Å². The summed E-state index contributed by atoms with van der Waals surface area (Å²) in [6.45, 7) is 10.7. The van der Waals surface area contributed by atoms with Crippen molar-refractivity contribution in [3.63, 3.8) is 0 Å². The first-order valence-corrected chi connectivity index (χ1v) is 12.2. The van der Waals surface area contributed by atoms with Crippen LogP contribution in [0.5, 0.6) is 0 Å². The number of piperazine rings is 1. The molecule has 1 saturated heterocycles. The first kappa shape index (κ1) is 24.7. The monoisotopic (exact) mass is 478 g/mol. The second kappa shape index (κ2) is 10.1. The van der Waals surface area contributed by atoms with E-state index >= 15 is 0 Å². The number of ether oxygens (including phenoxy) is 1. The number of nitrogens with zero attached hydrogens (tertiary/aromatic N) is 4. The maximum atomic E-state index is 12.9. The highest BCUT2D eigenvalue weighted by atomic mass is 16.6. The number of likely N-dealkylation sites (N-methyl/N-ethyl adjacent to an activating group) is 1. The molecule has 3 amide bonds. The Bertz CT molecular complexity index is 1110. The highest BCUT2D eigenvalue weighted by molar-refractivity contribution is 6.03. The first-order valence-electron chi connectivity index (χ1n) is 12.2. The number of carbonyl (C=O) groups is 3. The van der Waals surface area contributed by atoms with Gasteiger partial charge in [-0.25, -0.2) is 4.79 Å². The molecule has 8 nitrogen and oxygen atoms in total. The number of anilines is 2. The van der Waals surface area contributed by atoms with Crippen molar-refractivity contribution in [1.29, 1.82) is 0 Å². The van der Waals surface area contributed by atoms with Gasteiger partial charge in [0.1, 0.15) is 0 Å². The maximum absolute atomic E-state index is 12.9. The van der Waals surface area contributed by atoms with E-state index in [-0.39, 0.29) is 24.0 Å². The van der Waals surface area contributed by atoms with Crippen LogP contribution in [-0.4, -0.2) is 79.6 Å². The van der Waals surface area contributed by atoms with Gasteiger partial charge in [-0.3, -0.25) is 14.5 Å². The molecule has 1 atom stereocenters. The van der Waals surface area contributed by atoms with E-state index in [4.69, 9.17) is 4.74 Å². The zero-order valence-corrected chi connectivity index (χ0v) is 21.2. The Morgan fingerprint density at radius 1 is 0.914 bits per heavy atom. The molecular formula is C27H34N4O4. The lowest BCUT2D eigenvalue weighted by atomic mass is 9.99. The van der Waals surface area contributed by atoms with Crippen LogP contribution in [0.4, 0.5) is 16.2 Å². The van der Waals surface area contributed by atoms with Crippen LogP contribution in [0.3, 0.4) is 0 Å². The third kappa shape index (κ3) is 5.17. The summed E-state index contributed by atoms with van der Waals surface area (Å²) in [7, 11) is 2.06. The molecule has 2 aromatic carbocycles. The highest BCUT2D eigenvalue weighted by Gasteiger charge is 2.35. The summed E-state index contributed by atoms with van der Waals surface area (Å²) in [5.74, 6) is -0.0288. The van der Waals surface area contributed by atoms with Crippen LogP contribution < -0.4 is 9.80 Å². The number of benzene rings is 2. The lowest BCUT2D eigenvalue weighted by molar-refractivity contribution is -0.117. The van der Waals surface area contributed by atoms with Gasteiger partial charge in [0.05, 0.1) is 23.5 Å². The predicted molar refractivity (Wildman–Crippen MR) is 137 cm³/mol. The fraction of sp³-hybridized carbons (Fsp3) is 0.444. The minimum Gasteiger partial charge on any atom is -0.446 e. The Balaban J connectivity index is 1.63. The smallest absolute Gasteiger partial charge is 0.414 e. The van der Waals surface area contributed by atoms with Crippen LogP contribution in [0.1, 0.15) is 38.1 Å². The van der Waals surface area contributed by atoms with Crippen LogP contribution in [-0.2, 0) is 9.53 Å². The molecule has 2 aromatic rings. The number of hydrogen-bond acceptors (Lipinski definition) is 5. The summed E-state index contributed by atoms with van der Waals surface area (Å²) in [6.07, 6.45) is -0.678. The fourth-order valence-corrected chi connectivity index (χ4v) is 4.72. The Morgan fingerprint density at radius 2 is 1.54 bits per heavy atom. The molecular weight excluding hydrogens is 444 g/mol. The molecule has 0 aromatic heterocycles. The van der Waals surface area contributed by atoms with Crippen molar-refractivity contribution in [1.82, 2.24) is 9.80 Å². The van der Waals surface area contributed by atoms with Gasteiger partial charge in [-0.2, -0.15) is 0 Å². The molecule has 0 spiro atoms. The summed E-state index contributed by atoms with van der Waals surface area (Å²) in [5, 5.41) is 0. The molecule has 8 heteroatoms. The van der Waals surface area contributed by atoms with Gasteiger partial charge in [0.2, 0.25) is 5.91 Å². The molecule has 35 heavy (non-hydrogen) atoms. The molecule has 0 radical (unpaired) electrons. The van der Waals surface area contributed by atoms with Gasteiger partial charge in [-0.15, -0.1) is 0 Å². The van der Waals surface area contributed by atoms with Crippen molar-refractivity contribution in [2.24, 2.45) is 0 Å². The first-order chi connectivity index (χ1) is 16.7. The van der Waals surface area contributed by atoms with Crippen molar-refractivity contribution < 1.29 is 19.1 Å². The van der Waals surface area contributed by atoms with E-state index in [1.807, 2.05) is 68.1 Å². The molecule has 0 saturated carbocycles. The van der Waals surface area contributed by atoms with E-state index < -0.39 is 6.09 Å². The van der Waals surface area contributed by atoms with Crippen molar-refractivity contribution >= 4 is 29.3 Å². The molecule has 0 bridgehead atoms. The molecule has 0 N–H and O–H groups in total. The van der Waals surface area contributed by atoms with Crippen LogP contribution in [0.25, 0.3) is 11.1 Å². The SMILES string of the molecule is CC(=O)N1c2ccc(-c3ccc(C(=O)N4CCN(C)CC4)cc3)cc2N(C(=O)OC(C)C)C[C@@H]1C. The lowest BCUT2D eigenvalue weighted by Gasteiger charge is -2.40. The fourth-order valence-electron chi connectivity index (χ4n) is 4.72. The van der Waals surface area contributed by atoms with Crippen LogP contribution in [0.2, 0.25) is 0 Å². The van der Waals surface area contributed by atoms with Crippen LogP contribution >= 0.6 is 0 Å². The Hall–Kier alpha value is -3.39.